The van der Waals surface area contributed by atoms with Crippen molar-refractivity contribution in [1.29, 1.82) is 0 Å². The van der Waals surface area contributed by atoms with E-state index in [1.54, 1.807) is 0 Å². The van der Waals surface area contributed by atoms with Crippen molar-refractivity contribution in [2.24, 2.45) is 5.92 Å². The summed E-state index contributed by atoms with van der Waals surface area (Å²) >= 11 is 0. The summed E-state index contributed by atoms with van der Waals surface area (Å²) in [5.41, 5.74) is 0. The van der Waals surface area contributed by atoms with Crippen molar-refractivity contribution in [3.05, 3.63) is 0 Å². The summed E-state index contributed by atoms with van der Waals surface area (Å²) in [7, 11) is 2.08. The van der Waals surface area contributed by atoms with E-state index in [1.807, 2.05) is 0 Å². The normalized spacial score (nSPS) is 23.6. The van der Waals surface area contributed by atoms with Crippen molar-refractivity contribution in [2.45, 2.75) is 19.3 Å². The molecule has 0 radical (unpaired) electrons. The van der Waals surface area contributed by atoms with Crippen LogP contribution in [0.3, 0.4) is 0 Å². The van der Waals surface area contributed by atoms with E-state index in [0.29, 0.717) is 12.3 Å². The molecular formula is C8H16ClNO2. The van der Waals surface area contributed by atoms with E-state index in [1.165, 1.54) is 6.42 Å². The van der Waals surface area contributed by atoms with Crippen LogP contribution in [0.1, 0.15) is 19.3 Å². The maximum Gasteiger partial charge on any atom is 0.303 e. The first-order valence-electron chi connectivity index (χ1n) is 4.09. The Labute approximate surface area is 79.2 Å². The van der Waals surface area contributed by atoms with Crippen molar-refractivity contribution < 1.29 is 9.90 Å². The Hall–Kier alpha value is -0.280. The number of carbonyl (C=O) groups is 1. The highest BCUT2D eigenvalue weighted by Crippen LogP contribution is 2.18. The van der Waals surface area contributed by atoms with Gasteiger partial charge in [-0.05, 0) is 32.4 Å². The number of rotatable bonds is 3. The fraction of sp³-hybridized carbons (Fsp3) is 0.875. The molecule has 0 aromatic carbocycles. The smallest absolute Gasteiger partial charge is 0.303 e. The second-order valence-electron chi connectivity index (χ2n) is 3.35. The minimum absolute atomic E-state index is 0. The third kappa shape index (κ3) is 3.93. The van der Waals surface area contributed by atoms with Crippen LogP contribution >= 0.6 is 12.4 Å². The highest BCUT2D eigenvalue weighted by atomic mass is 35.5. The number of hydrogen-bond donors (Lipinski definition) is 1. The Balaban J connectivity index is 0.00000121. The topological polar surface area (TPSA) is 40.5 Å². The molecule has 12 heavy (non-hydrogen) atoms. The maximum atomic E-state index is 10.2. The summed E-state index contributed by atoms with van der Waals surface area (Å²) in [5.74, 6) is -0.0457. The van der Waals surface area contributed by atoms with E-state index in [0.717, 1.165) is 19.5 Å². The lowest BCUT2D eigenvalue weighted by atomic mass is 10.0. The van der Waals surface area contributed by atoms with Crippen LogP contribution in [-0.4, -0.2) is 36.1 Å². The molecule has 72 valence electrons. The van der Waals surface area contributed by atoms with E-state index < -0.39 is 5.97 Å². The average Bonchev–Trinajstić information content (AvgIpc) is 2.31. The molecule has 1 fully saturated rings. The predicted molar refractivity (Wildman–Crippen MR) is 49.7 cm³/mol. The molecule has 0 aliphatic carbocycles. The SMILES string of the molecule is CN1CCC(CCC(=O)O)C1.Cl. The molecule has 1 unspecified atom stereocenters. The minimum atomic E-state index is -0.667. The molecule has 0 saturated carbocycles. The van der Waals surface area contributed by atoms with E-state index in [2.05, 4.69) is 11.9 Å². The standard InChI is InChI=1S/C8H15NO2.ClH/c1-9-5-4-7(6-9)2-3-8(10)11;/h7H,2-6H2,1H3,(H,10,11);1H. The van der Waals surface area contributed by atoms with Crippen LogP contribution in [-0.2, 0) is 4.79 Å². The summed E-state index contributed by atoms with van der Waals surface area (Å²) < 4.78 is 0. The molecule has 0 bridgehead atoms. The van der Waals surface area contributed by atoms with E-state index in [9.17, 15) is 4.79 Å². The number of aliphatic carboxylic acids is 1. The number of hydrogen-bond acceptors (Lipinski definition) is 2. The van der Waals surface area contributed by atoms with Gasteiger partial charge in [-0.2, -0.15) is 0 Å². The van der Waals surface area contributed by atoms with Crippen LogP contribution < -0.4 is 0 Å². The van der Waals surface area contributed by atoms with Gasteiger partial charge in [-0.15, -0.1) is 12.4 Å². The van der Waals surface area contributed by atoms with Crippen LogP contribution in [0, 0.1) is 5.92 Å². The molecular weight excluding hydrogens is 178 g/mol. The fourth-order valence-corrected chi connectivity index (χ4v) is 1.59. The first kappa shape index (κ1) is 11.7. The molecule has 0 aromatic rings. The van der Waals surface area contributed by atoms with Crippen molar-refractivity contribution in [1.82, 2.24) is 4.90 Å². The van der Waals surface area contributed by atoms with Gasteiger partial charge in [0.05, 0.1) is 0 Å². The third-order valence-corrected chi connectivity index (χ3v) is 2.26. The summed E-state index contributed by atoms with van der Waals surface area (Å²) in [6.07, 6.45) is 2.35. The van der Waals surface area contributed by atoms with Crippen LogP contribution in [0.4, 0.5) is 0 Å². The van der Waals surface area contributed by atoms with Gasteiger partial charge < -0.3 is 10.0 Å². The van der Waals surface area contributed by atoms with Gasteiger partial charge in [0, 0.05) is 13.0 Å². The van der Waals surface area contributed by atoms with E-state index >= 15 is 0 Å². The third-order valence-electron chi connectivity index (χ3n) is 2.26. The zero-order chi connectivity index (χ0) is 8.27. The van der Waals surface area contributed by atoms with Gasteiger partial charge in [0.15, 0.2) is 0 Å². The van der Waals surface area contributed by atoms with Gasteiger partial charge in [0.2, 0.25) is 0 Å². The predicted octanol–water partition coefficient (Wildman–Crippen LogP) is 1.22. The Morgan fingerprint density at radius 1 is 1.67 bits per heavy atom. The second-order valence-corrected chi connectivity index (χ2v) is 3.35. The lowest BCUT2D eigenvalue weighted by Gasteiger charge is -2.07. The van der Waals surface area contributed by atoms with Crippen LogP contribution in [0.15, 0.2) is 0 Å². The largest absolute Gasteiger partial charge is 0.481 e. The van der Waals surface area contributed by atoms with Gasteiger partial charge in [0.1, 0.15) is 0 Å². The number of halogens is 1. The zero-order valence-corrected chi connectivity index (χ0v) is 8.14. The lowest BCUT2D eigenvalue weighted by molar-refractivity contribution is -0.137. The van der Waals surface area contributed by atoms with Crippen molar-refractivity contribution in [3.63, 3.8) is 0 Å². The zero-order valence-electron chi connectivity index (χ0n) is 7.32. The molecule has 0 spiro atoms. The Kier molecular flexibility index (Phi) is 5.25. The fourth-order valence-electron chi connectivity index (χ4n) is 1.59. The molecule has 1 heterocycles. The number of likely N-dealkylation sites (tertiary alicyclic amines) is 1. The lowest BCUT2D eigenvalue weighted by Crippen LogP contribution is -2.14. The monoisotopic (exact) mass is 193 g/mol. The van der Waals surface area contributed by atoms with Gasteiger partial charge in [0.25, 0.3) is 0 Å². The highest BCUT2D eigenvalue weighted by Gasteiger charge is 2.19. The molecule has 1 saturated heterocycles. The maximum absolute atomic E-state index is 10.2. The summed E-state index contributed by atoms with van der Waals surface area (Å²) in [6, 6.07) is 0. The highest BCUT2D eigenvalue weighted by molar-refractivity contribution is 5.85. The first-order chi connectivity index (χ1) is 5.18. The molecule has 1 rings (SSSR count). The van der Waals surface area contributed by atoms with Crippen molar-refractivity contribution in [2.75, 3.05) is 20.1 Å². The second kappa shape index (κ2) is 5.38. The Morgan fingerprint density at radius 3 is 2.75 bits per heavy atom. The van der Waals surface area contributed by atoms with Crippen molar-refractivity contribution >= 4 is 18.4 Å². The Bertz CT molecular complexity index is 152. The van der Waals surface area contributed by atoms with Crippen LogP contribution in [0.25, 0.3) is 0 Å². The van der Waals surface area contributed by atoms with E-state index in [-0.39, 0.29) is 12.4 Å². The number of carboxylic acid groups (broad SMARTS) is 1. The Morgan fingerprint density at radius 2 is 2.33 bits per heavy atom. The quantitative estimate of drug-likeness (QED) is 0.733. The van der Waals surface area contributed by atoms with Gasteiger partial charge in [-0.3, -0.25) is 4.79 Å². The summed E-state index contributed by atoms with van der Waals surface area (Å²) in [4.78, 5) is 12.5. The van der Waals surface area contributed by atoms with Crippen LogP contribution in [0.2, 0.25) is 0 Å². The molecule has 0 aromatic heterocycles. The van der Waals surface area contributed by atoms with Gasteiger partial charge in [-0.1, -0.05) is 0 Å². The number of nitrogens with zero attached hydrogens (tertiary/aromatic N) is 1. The molecule has 1 aliphatic heterocycles. The molecule has 3 nitrogen and oxygen atoms in total. The number of carboxylic acids is 1. The molecule has 1 N–H and O–H groups in total. The van der Waals surface area contributed by atoms with Crippen molar-refractivity contribution in [3.8, 4) is 0 Å². The van der Waals surface area contributed by atoms with Gasteiger partial charge >= 0.3 is 5.97 Å². The van der Waals surface area contributed by atoms with Gasteiger partial charge in [-0.25, -0.2) is 0 Å². The molecule has 0 amide bonds. The molecule has 4 heteroatoms. The summed E-state index contributed by atoms with van der Waals surface area (Å²) in [6.45, 7) is 2.21. The minimum Gasteiger partial charge on any atom is -0.481 e. The van der Waals surface area contributed by atoms with Crippen LogP contribution in [0.5, 0.6) is 0 Å². The van der Waals surface area contributed by atoms with E-state index in [4.69, 9.17) is 5.11 Å². The molecule has 1 aliphatic rings. The average molecular weight is 194 g/mol. The summed E-state index contributed by atoms with van der Waals surface area (Å²) in [5, 5.41) is 8.43. The first-order valence-corrected chi connectivity index (χ1v) is 4.09. The molecule has 1 atom stereocenters.